The van der Waals surface area contributed by atoms with E-state index in [0.29, 0.717) is 5.56 Å². The summed E-state index contributed by atoms with van der Waals surface area (Å²) in [6.45, 7) is 1.41. The Morgan fingerprint density at radius 2 is 2.20 bits per heavy atom. The van der Waals surface area contributed by atoms with Crippen LogP contribution in [0.3, 0.4) is 0 Å². The van der Waals surface area contributed by atoms with Crippen molar-refractivity contribution in [2.75, 3.05) is 19.8 Å². The van der Waals surface area contributed by atoms with E-state index in [9.17, 15) is 13.2 Å². The number of nitriles is 1. The molecular formula is C12H15N3O4S. The number of nitrogens with zero attached hydrogens (tertiary/aromatic N) is 1. The molecule has 0 aliphatic carbocycles. The number of nitrogens with one attached hydrogen (secondary N) is 1. The predicted octanol–water partition coefficient (Wildman–Crippen LogP) is -0.353. The first-order chi connectivity index (χ1) is 9.36. The number of ether oxygens (including phenoxy) is 1. The average Bonchev–Trinajstić information content (AvgIpc) is 2.38. The van der Waals surface area contributed by atoms with Crippen LogP contribution in [0, 0.1) is 18.3 Å². The molecule has 108 valence electrons. The van der Waals surface area contributed by atoms with Gasteiger partial charge in [0.1, 0.15) is 6.61 Å². The van der Waals surface area contributed by atoms with Crippen LogP contribution in [-0.2, 0) is 19.6 Å². The Balaban J connectivity index is 2.70. The van der Waals surface area contributed by atoms with Crippen molar-refractivity contribution < 1.29 is 17.9 Å². The van der Waals surface area contributed by atoms with Gasteiger partial charge in [-0.2, -0.15) is 5.26 Å². The topological polar surface area (TPSA) is 122 Å². The zero-order valence-corrected chi connectivity index (χ0v) is 11.7. The molecule has 1 aromatic carbocycles. The number of aryl methyl sites for hydroxylation is 1. The van der Waals surface area contributed by atoms with Crippen LogP contribution in [0.2, 0.25) is 0 Å². The second-order valence-corrected chi connectivity index (χ2v) is 5.74. The highest BCUT2D eigenvalue weighted by Gasteiger charge is 2.16. The van der Waals surface area contributed by atoms with Gasteiger partial charge in [-0.25, -0.2) is 13.1 Å². The highest BCUT2D eigenvalue weighted by molar-refractivity contribution is 7.89. The number of benzene rings is 1. The lowest BCUT2D eigenvalue weighted by atomic mass is 10.2. The molecule has 0 radical (unpaired) electrons. The second kappa shape index (κ2) is 7.00. The third-order valence-corrected chi connectivity index (χ3v) is 3.99. The van der Waals surface area contributed by atoms with E-state index in [2.05, 4.69) is 4.72 Å². The molecule has 8 heteroatoms. The molecule has 0 aromatic heterocycles. The summed E-state index contributed by atoms with van der Waals surface area (Å²) in [5, 5.41) is 8.79. The number of rotatable bonds is 7. The van der Waals surface area contributed by atoms with Gasteiger partial charge in [-0.05, 0) is 24.6 Å². The third-order valence-electron chi connectivity index (χ3n) is 2.39. The Morgan fingerprint density at radius 1 is 1.50 bits per heavy atom. The van der Waals surface area contributed by atoms with Gasteiger partial charge in [0.25, 0.3) is 0 Å². The van der Waals surface area contributed by atoms with E-state index in [1.807, 2.05) is 6.07 Å². The molecule has 1 amide bonds. The summed E-state index contributed by atoms with van der Waals surface area (Å²) in [6, 6.07) is 6.31. The van der Waals surface area contributed by atoms with Gasteiger partial charge < -0.3 is 10.5 Å². The number of carbonyl (C=O) groups excluding carboxylic acids is 1. The van der Waals surface area contributed by atoms with E-state index in [1.165, 1.54) is 6.07 Å². The summed E-state index contributed by atoms with van der Waals surface area (Å²) < 4.78 is 31.3. The highest BCUT2D eigenvalue weighted by atomic mass is 32.2. The molecule has 0 aliphatic rings. The lowest BCUT2D eigenvalue weighted by Crippen LogP contribution is -2.29. The molecule has 0 atom stereocenters. The quantitative estimate of drug-likeness (QED) is 0.666. The van der Waals surface area contributed by atoms with Gasteiger partial charge in [0, 0.05) is 6.54 Å². The molecule has 3 N–H and O–H groups in total. The molecule has 1 aromatic rings. The Kier molecular flexibility index (Phi) is 5.64. The second-order valence-electron chi connectivity index (χ2n) is 4.01. The number of sulfonamides is 1. The first-order valence-electron chi connectivity index (χ1n) is 5.73. The molecule has 0 heterocycles. The number of hydrogen-bond donors (Lipinski definition) is 2. The third kappa shape index (κ3) is 4.62. The van der Waals surface area contributed by atoms with Crippen molar-refractivity contribution in [1.29, 1.82) is 5.26 Å². The van der Waals surface area contributed by atoms with Gasteiger partial charge in [-0.1, -0.05) is 6.07 Å². The SMILES string of the molecule is Cc1ccc(C#N)cc1S(=O)(=O)NCCOCC(N)=O. The zero-order chi connectivity index (χ0) is 15.2. The molecule has 20 heavy (non-hydrogen) atoms. The number of carbonyl (C=O) groups is 1. The lowest BCUT2D eigenvalue weighted by Gasteiger charge is -2.09. The summed E-state index contributed by atoms with van der Waals surface area (Å²) in [7, 11) is -3.72. The minimum atomic E-state index is -3.72. The van der Waals surface area contributed by atoms with Crippen molar-refractivity contribution in [3.05, 3.63) is 29.3 Å². The maximum Gasteiger partial charge on any atom is 0.243 e. The van der Waals surface area contributed by atoms with Crippen molar-refractivity contribution in [2.24, 2.45) is 5.73 Å². The maximum atomic E-state index is 12.1. The summed E-state index contributed by atoms with van der Waals surface area (Å²) in [6.07, 6.45) is 0. The predicted molar refractivity (Wildman–Crippen MR) is 71.1 cm³/mol. The fraction of sp³-hybridized carbons (Fsp3) is 0.333. The smallest absolute Gasteiger partial charge is 0.243 e. The number of nitrogens with two attached hydrogens (primary N) is 1. The van der Waals surface area contributed by atoms with Crippen LogP contribution in [0.4, 0.5) is 0 Å². The molecule has 7 nitrogen and oxygen atoms in total. The fourth-order valence-electron chi connectivity index (χ4n) is 1.46. The van der Waals surface area contributed by atoms with Gasteiger partial charge in [0.05, 0.1) is 23.1 Å². The largest absolute Gasteiger partial charge is 0.370 e. The van der Waals surface area contributed by atoms with E-state index in [0.717, 1.165) is 0 Å². The normalized spacial score (nSPS) is 11.0. The van der Waals surface area contributed by atoms with Gasteiger partial charge >= 0.3 is 0 Å². The molecule has 0 bridgehead atoms. The molecule has 0 unspecified atom stereocenters. The van der Waals surface area contributed by atoms with Crippen LogP contribution in [-0.4, -0.2) is 34.1 Å². The van der Waals surface area contributed by atoms with Crippen molar-refractivity contribution in [3.8, 4) is 6.07 Å². The summed E-state index contributed by atoms with van der Waals surface area (Å²) in [4.78, 5) is 10.5. The Morgan fingerprint density at radius 3 is 2.80 bits per heavy atom. The van der Waals surface area contributed by atoms with Gasteiger partial charge in [-0.15, -0.1) is 0 Å². The van der Waals surface area contributed by atoms with Crippen LogP contribution in [0.15, 0.2) is 23.1 Å². The lowest BCUT2D eigenvalue weighted by molar-refractivity contribution is -0.122. The zero-order valence-electron chi connectivity index (χ0n) is 10.9. The van der Waals surface area contributed by atoms with E-state index in [1.54, 1.807) is 19.1 Å². The van der Waals surface area contributed by atoms with Crippen molar-refractivity contribution >= 4 is 15.9 Å². The maximum absolute atomic E-state index is 12.1. The number of primary amides is 1. The number of hydrogen-bond acceptors (Lipinski definition) is 5. The van der Waals surface area contributed by atoms with Crippen LogP contribution in [0.5, 0.6) is 0 Å². The van der Waals surface area contributed by atoms with Gasteiger partial charge in [-0.3, -0.25) is 4.79 Å². The van der Waals surface area contributed by atoms with Gasteiger partial charge in [0.15, 0.2) is 0 Å². The van der Waals surface area contributed by atoms with Crippen molar-refractivity contribution in [2.45, 2.75) is 11.8 Å². The number of amides is 1. The Hall–Kier alpha value is -1.95. The van der Waals surface area contributed by atoms with Crippen molar-refractivity contribution in [1.82, 2.24) is 4.72 Å². The van der Waals surface area contributed by atoms with Crippen LogP contribution < -0.4 is 10.5 Å². The van der Waals surface area contributed by atoms with Crippen LogP contribution >= 0.6 is 0 Å². The molecule has 0 saturated carbocycles. The molecule has 0 aliphatic heterocycles. The van der Waals surface area contributed by atoms with E-state index in [-0.39, 0.29) is 30.2 Å². The first-order valence-corrected chi connectivity index (χ1v) is 7.21. The minimum Gasteiger partial charge on any atom is -0.370 e. The minimum absolute atomic E-state index is 0.00579. The van der Waals surface area contributed by atoms with E-state index in [4.69, 9.17) is 15.7 Å². The molecule has 0 spiro atoms. The standard InChI is InChI=1S/C12H15N3O4S/c1-9-2-3-10(7-13)6-11(9)20(17,18)15-4-5-19-8-12(14)16/h2-3,6,15H,4-5,8H2,1H3,(H2,14,16). The van der Waals surface area contributed by atoms with Crippen LogP contribution in [0.1, 0.15) is 11.1 Å². The van der Waals surface area contributed by atoms with E-state index < -0.39 is 15.9 Å². The summed E-state index contributed by atoms with van der Waals surface area (Å²) in [5.41, 5.74) is 5.67. The monoisotopic (exact) mass is 297 g/mol. The van der Waals surface area contributed by atoms with Gasteiger partial charge in [0.2, 0.25) is 15.9 Å². The highest BCUT2D eigenvalue weighted by Crippen LogP contribution is 2.16. The summed E-state index contributed by atoms with van der Waals surface area (Å²) in [5.74, 6) is -0.620. The Labute approximate surface area is 117 Å². The Bertz CT molecular complexity index is 635. The van der Waals surface area contributed by atoms with Crippen molar-refractivity contribution in [3.63, 3.8) is 0 Å². The molecule has 1 rings (SSSR count). The molecule has 0 saturated heterocycles. The molecule has 0 fully saturated rings. The average molecular weight is 297 g/mol. The fourth-order valence-corrected chi connectivity index (χ4v) is 2.74. The first kappa shape index (κ1) is 16.1. The summed E-state index contributed by atoms with van der Waals surface area (Å²) >= 11 is 0. The van der Waals surface area contributed by atoms with Crippen LogP contribution in [0.25, 0.3) is 0 Å². The molecular weight excluding hydrogens is 282 g/mol. The van der Waals surface area contributed by atoms with E-state index >= 15 is 0 Å².